The van der Waals surface area contributed by atoms with E-state index in [0.29, 0.717) is 0 Å². The van der Waals surface area contributed by atoms with Crippen molar-refractivity contribution in [2.45, 2.75) is 18.5 Å². The summed E-state index contributed by atoms with van der Waals surface area (Å²) in [6.45, 7) is -1.03. The maximum absolute atomic E-state index is 12.5. The van der Waals surface area contributed by atoms with E-state index in [-0.39, 0.29) is 5.82 Å². The van der Waals surface area contributed by atoms with Crippen LogP contribution in [0.3, 0.4) is 0 Å². The highest BCUT2D eigenvalue weighted by Gasteiger charge is 2.38. The summed E-state index contributed by atoms with van der Waals surface area (Å²) in [6.07, 6.45) is -12.4. The van der Waals surface area contributed by atoms with Gasteiger partial charge in [0.1, 0.15) is 11.6 Å². The van der Waals surface area contributed by atoms with Crippen LogP contribution < -0.4 is 10.6 Å². The molecule has 0 fully saturated rings. The molecular formula is C9H10F6N4O. The summed E-state index contributed by atoms with van der Waals surface area (Å²) in [5.41, 5.74) is 0. The largest absolute Gasteiger partial charge is 0.451 e. The number of hydrogen-bond donors (Lipinski definition) is 3. The first-order valence-corrected chi connectivity index (χ1v) is 5.16. The summed E-state index contributed by atoms with van der Waals surface area (Å²) < 4.78 is 73.5. The van der Waals surface area contributed by atoms with Crippen LogP contribution in [0.5, 0.6) is 0 Å². The molecule has 1 heterocycles. The van der Waals surface area contributed by atoms with Gasteiger partial charge in [-0.25, -0.2) is 9.97 Å². The molecule has 0 aliphatic heterocycles. The molecule has 0 bridgehead atoms. The Bertz CT molecular complexity index is 461. The fourth-order valence-corrected chi connectivity index (χ4v) is 1.11. The minimum atomic E-state index is -4.88. The molecule has 3 N–H and O–H groups in total. The van der Waals surface area contributed by atoms with Crippen LogP contribution in [0.25, 0.3) is 0 Å². The van der Waals surface area contributed by atoms with Gasteiger partial charge in [0, 0.05) is 13.1 Å². The van der Waals surface area contributed by atoms with Crippen LogP contribution in [0.4, 0.5) is 38.0 Å². The lowest BCUT2D eigenvalue weighted by Gasteiger charge is -2.16. The minimum Gasteiger partial charge on any atom is -0.382 e. The molecule has 0 spiro atoms. The summed E-state index contributed by atoms with van der Waals surface area (Å²) in [5, 5.41) is 13.0. The van der Waals surface area contributed by atoms with Crippen molar-refractivity contribution in [2.24, 2.45) is 0 Å². The van der Waals surface area contributed by atoms with E-state index >= 15 is 0 Å². The molecule has 0 saturated heterocycles. The number of halogens is 6. The van der Waals surface area contributed by atoms with Crippen molar-refractivity contribution in [2.75, 3.05) is 24.2 Å². The standard InChI is InChI=1S/C9H10F6N4O/c1-16-5-2-6(17-3-4(20)8(10,11)12)19-7(18-5)9(13,14)15/h2,4,20H,3H2,1H3,(H2,16,17,18,19). The van der Waals surface area contributed by atoms with E-state index in [4.69, 9.17) is 5.11 Å². The molecule has 0 amide bonds. The molecule has 1 rings (SSSR count). The first-order chi connectivity index (χ1) is 9.04. The van der Waals surface area contributed by atoms with E-state index in [1.54, 1.807) is 0 Å². The molecule has 0 aromatic carbocycles. The Morgan fingerprint density at radius 2 is 1.70 bits per heavy atom. The predicted molar refractivity (Wildman–Crippen MR) is 57.1 cm³/mol. The summed E-state index contributed by atoms with van der Waals surface area (Å²) >= 11 is 0. The highest BCUT2D eigenvalue weighted by atomic mass is 19.4. The molecule has 0 saturated carbocycles. The molecule has 0 aliphatic carbocycles. The fourth-order valence-electron chi connectivity index (χ4n) is 1.11. The minimum absolute atomic E-state index is 0.226. The van der Waals surface area contributed by atoms with Crippen LogP contribution in [0.2, 0.25) is 0 Å². The van der Waals surface area contributed by atoms with E-state index < -0.39 is 36.6 Å². The van der Waals surface area contributed by atoms with Gasteiger partial charge in [0.05, 0.1) is 6.54 Å². The van der Waals surface area contributed by atoms with Crippen LogP contribution in [0, 0.1) is 0 Å². The lowest BCUT2D eigenvalue weighted by molar-refractivity contribution is -0.198. The van der Waals surface area contributed by atoms with E-state index in [2.05, 4.69) is 15.3 Å². The number of aliphatic hydroxyl groups is 1. The number of nitrogens with zero attached hydrogens (tertiary/aromatic N) is 2. The monoisotopic (exact) mass is 304 g/mol. The number of alkyl halides is 6. The maximum Gasteiger partial charge on any atom is 0.451 e. The quantitative estimate of drug-likeness (QED) is 0.741. The van der Waals surface area contributed by atoms with Gasteiger partial charge in [0.25, 0.3) is 0 Å². The molecule has 114 valence electrons. The van der Waals surface area contributed by atoms with Crippen LogP contribution in [-0.4, -0.2) is 40.9 Å². The summed E-state index contributed by atoms with van der Waals surface area (Å²) in [7, 11) is 1.29. The van der Waals surface area contributed by atoms with E-state index in [1.807, 2.05) is 5.32 Å². The highest BCUT2D eigenvalue weighted by Crippen LogP contribution is 2.28. The maximum atomic E-state index is 12.5. The normalized spacial score (nSPS) is 14.0. The first-order valence-electron chi connectivity index (χ1n) is 5.16. The van der Waals surface area contributed by atoms with Crippen LogP contribution in [0.1, 0.15) is 5.82 Å². The Morgan fingerprint density at radius 1 is 1.15 bits per heavy atom. The lowest BCUT2D eigenvalue weighted by Crippen LogP contribution is -2.35. The van der Waals surface area contributed by atoms with Crippen molar-refractivity contribution in [3.8, 4) is 0 Å². The van der Waals surface area contributed by atoms with Crippen molar-refractivity contribution < 1.29 is 31.4 Å². The van der Waals surface area contributed by atoms with Gasteiger partial charge in [0.15, 0.2) is 6.10 Å². The van der Waals surface area contributed by atoms with E-state index in [1.165, 1.54) is 7.05 Å². The molecule has 1 unspecified atom stereocenters. The van der Waals surface area contributed by atoms with Gasteiger partial charge in [-0.1, -0.05) is 0 Å². The number of nitrogens with one attached hydrogen (secondary N) is 2. The zero-order valence-corrected chi connectivity index (χ0v) is 9.97. The Kier molecular flexibility index (Phi) is 4.63. The molecule has 5 nitrogen and oxygen atoms in total. The summed E-state index contributed by atoms with van der Waals surface area (Å²) in [6, 6.07) is 0.984. The SMILES string of the molecule is CNc1cc(NCC(O)C(F)(F)F)nc(C(F)(F)F)n1. The Morgan fingerprint density at radius 3 is 2.15 bits per heavy atom. The van der Waals surface area contributed by atoms with Gasteiger partial charge in [-0.15, -0.1) is 0 Å². The highest BCUT2D eigenvalue weighted by molar-refractivity contribution is 5.47. The molecular weight excluding hydrogens is 294 g/mol. The van der Waals surface area contributed by atoms with Gasteiger partial charge >= 0.3 is 12.4 Å². The van der Waals surface area contributed by atoms with Gasteiger partial charge in [-0.05, 0) is 0 Å². The zero-order chi connectivity index (χ0) is 15.6. The summed E-state index contributed by atoms with van der Waals surface area (Å²) in [5.74, 6) is -2.22. The number of rotatable bonds is 4. The predicted octanol–water partition coefficient (Wildman–Crippen LogP) is 1.87. The van der Waals surface area contributed by atoms with Crippen molar-refractivity contribution >= 4 is 11.6 Å². The van der Waals surface area contributed by atoms with Crippen molar-refractivity contribution in [3.05, 3.63) is 11.9 Å². The number of aliphatic hydroxyl groups excluding tert-OH is 1. The fraction of sp³-hybridized carbons (Fsp3) is 0.556. The van der Waals surface area contributed by atoms with Gasteiger partial charge in [-0.2, -0.15) is 26.3 Å². The van der Waals surface area contributed by atoms with Gasteiger partial charge in [-0.3, -0.25) is 0 Å². The topological polar surface area (TPSA) is 70.1 Å². The van der Waals surface area contributed by atoms with E-state index in [0.717, 1.165) is 6.07 Å². The molecule has 0 aliphatic rings. The van der Waals surface area contributed by atoms with Crippen molar-refractivity contribution in [1.29, 1.82) is 0 Å². The average Bonchev–Trinajstić information content (AvgIpc) is 2.33. The third-order valence-electron chi connectivity index (χ3n) is 2.09. The van der Waals surface area contributed by atoms with Gasteiger partial charge < -0.3 is 15.7 Å². The molecule has 0 radical (unpaired) electrons. The number of aromatic nitrogens is 2. The number of anilines is 2. The zero-order valence-electron chi connectivity index (χ0n) is 9.97. The average molecular weight is 304 g/mol. The smallest absolute Gasteiger partial charge is 0.382 e. The first kappa shape index (κ1) is 16.3. The molecule has 1 aromatic rings. The molecule has 1 aromatic heterocycles. The lowest BCUT2D eigenvalue weighted by atomic mass is 10.3. The molecule has 1 atom stereocenters. The van der Waals surface area contributed by atoms with Crippen LogP contribution in [-0.2, 0) is 6.18 Å². The second-order valence-electron chi connectivity index (χ2n) is 3.65. The van der Waals surface area contributed by atoms with E-state index in [9.17, 15) is 26.3 Å². The Balaban J connectivity index is 2.90. The molecule has 20 heavy (non-hydrogen) atoms. The van der Waals surface area contributed by atoms with Crippen molar-refractivity contribution in [3.63, 3.8) is 0 Å². The number of hydrogen-bond acceptors (Lipinski definition) is 5. The Labute approximate surface area is 109 Å². The third-order valence-corrected chi connectivity index (χ3v) is 2.09. The third kappa shape index (κ3) is 4.40. The molecule has 11 heteroatoms. The summed E-state index contributed by atoms with van der Waals surface area (Å²) in [4.78, 5) is 6.17. The van der Waals surface area contributed by atoms with Crippen molar-refractivity contribution in [1.82, 2.24) is 9.97 Å². The second-order valence-corrected chi connectivity index (χ2v) is 3.65. The van der Waals surface area contributed by atoms with Crippen LogP contribution in [0.15, 0.2) is 6.07 Å². The van der Waals surface area contributed by atoms with Gasteiger partial charge in [0.2, 0.25) is 5.82 Å². The van der Waals surface area contributed by atoms with Crippen LogP contribution >= 0.6 is 0 Å². The second kappa shape index (κ2) is 5.69. The Hall–Kier alpha value is -1.78.